The van der Waals surface area contributed by atoms with Crippen LogP contribution in [0, 0.1) is 10.1 Å². The molecule has 0 spiro atoms. The Kier molecular flexibility index (Phi) is 3.69. The molecule has 102 valence electrons. The molecule has 1 aromatic carbocycles. The molecular formula is C13H17N3O3. The fourth-order valence-corrected chi connectivity index (χ4v) is 2.49. The first-order valence-corrected chi connectivity index (χ1v) is 6.32. The van der Waals surface area contributed by atoms with Gasteiger partial charge in [0.05, 0.1) is 10.5 Å². The summed E-state index contributed by atoms with van der Waals surface area (Å²) in [7, 11) is 1.73. The first-order valence-electron chi connectivity index (χ1n) is 6.32. The molecule has 2 N–H and O–H groups in total. The van der Waals surface area contributed by atoms with Crippen molar-refractivity contribution < 1.29 is 9.72 Å². The molecule has 0 bridgehead atoms. The molecule has 0 aliphatic heterocycles. The Balaban J connectivity index is 2.26. The number of nitro benzene ring substituents is 1. The molecule has 6 nitrogen and oxygen atoms in total. The number of nitrogens with zero attached hydrogens (tertiary/aromatic N) is 2. The first kappa shape index (κ1) is 13.3. The molecule has 1 fully saturated rings. The molecule has 0 radical (unpaired) electrons. The van der Waals surface area contributed by atoms with Crippen LogP contribution in [0.3, 0.4) is 0 Å². The van der Waals surface area contributed by atoms with Crippen LogP contribution in [0.1, 0.15) is 36.0 Å². The number of amides is 1. The lowest BCUT2D eigenvalue weighted by Gasteiger charge is -2.24. The molecule has 0 atom stereocenters. The van der Waals surface area contributed by atoms with Crippen molar-refractivity contribution in [3.8, 4) is 0 Å². The number of nitrogen functional groups attached to an aromatic ring is 1. The topological polar surface area (TPSA) is 89.5 Å². The number of non-ortho nitro benzene ring substituents is 1. The maximum atomic E-state index is 12.4. The molecule has 19 heavy (non-hydrogen) atoms. The molecule has 0 aromatic heterocycles. The van der Waals surface area contributed by atoms with E-state index >= 15 is 0 Å². The first-order chi connectivity index (χ1) is 9.00. The maximum absolute atomic E-state index is 12.4. The molecule has 6 heteroatoms. The van der Waals surface area contributed by atoms with Crippen LogP contribution in [0.2, 0.25) is 0 Å². The van der Waals surface area contributed by atoms with E-state index < -0.39 is 4.92 Å². The van der Waals surface area contributed by atoms with Gasteiger partial charge in [-0.3, -0.25) is 14.9 Å². The average molecular weight is 263 g/mol. The molecular weight excluding hydrogens is 246 g/mol. The Morgan fingerprint density at radius 2 is 2.05 bits per heavy atom. The third-order valence-electron chi connectivity index (χ3n) is 3.67. The van der Waals surface area contributed by atoms with Crippen LogP contribution in [0.25, 0.3) is 0 Å². The Labute approximate surface area is 111 Å². The third kappa shape index (κ3) is 2.67. The van der Waals surface area contributed by atoms with Gasteiger partial charge in [0.1, 0.15) is 0 Å². The van der Waals surface area contributed by atoms with Gasteiger partial charge in [-0.2, -0.15) is 0 Å². The molecule has 2 rings (SSSR count). The van der Waals surface area contributed by atoms with Crippen LogP contribution in [-0.4, -0.2) is 28.8 Å². The monoisotopic (exact) mass is 263 g/mol. The van der Waals surface area contributed by atoms with Crippen LogP contribution < -0.4 is 5.73 Å². The molecule has 1 aliphatic carbocycles. The Bertz CT molecular complexity index is 510. The predicted molar refractivity (Wildman–Crippen MR) is 71.9 cm³/mol. The number of nitrogens with two attached hydrogens (primary N) is 1. The molecule has 1 saturated carbocycles. The number of rotatable bonds is 3. The van der Waals surface area contributed by atoms with E-state index in [2.05, 4.69) is 0 Å². The highest BCUT2D eigenvalue weighted by Crippen LogP contribution is 2.26. The minimum absolute atomic E-state index is 0.114. The lowest BCUT2D eigenvalue weighted by Crippen LogP contribution is -2.35. The Morgan fingerprint density at radius 1 is 1.42 bits per heavy atom. The fourth-order valence-electron chi connectivity index (χ4n) is 2.49. The second-order valence-electron chi connectivity index (χ2n) is 4.88. The third-order valence-corrected chi connectivity index (χ3v) is 3.67. The van der Waals surface area contributed by atoms with Gasteiger partial charge in [-0.1, -0.05) is 12.8 Å². The zero-order chi connectivity index (χ0) is 14.0. The summed E-state index contributed by atoms with van der Waals surface area (Å²) in [5, 5.41) is 10.8. The van der Waals surface area contributed by atoms with E-state index in [1.165, 1.54) is 18.2 Å². The largest absolute Gasteiger partial charge is 0.398 e. The molecule has 0 heterocycles. The average Bonchev–Trinajstić information content (AvgIpc) is 2.91. The maximum Gasteiger partial charge on any atom is 0.270 e. The Hall–Kier alpha value is -2.11. The van der Waals surface area contributed by atoms with Crippen LogP contribution >= 0.6 is 0 Å². The number of carbonyl (C=O) groups excluding carboxylic acids is 1. The summed E-state index contributed by atoms with van der Waals surface area (Å²) in [5.41, 5.74) is 6.13. The van der Waals surface area contributed by atoms with Crippen molar-refractivity contribution in [2.24, 2.45) is 0 Å². The summed E-state index contributed by atoms with van der Waals surface area (Å²) in [5.74, 6) is -0.242. The summed E-state index contributed by atoms with van der Waals surface area (Å²) >= 11 is 0. The van der Waals surface area contributed by atoms with Gasteiger partial charge in [0.15, 0.2) is 0 Å². The summed E-state index contributed by atoms with van der Waals surface area (Å²) in [6, 6.07) is 4.18. The van der Waals surface area contributed by atoms with Crippen LogP contribution in [0.4, 0.5) is 11.4 Å². The van der Waals surface area contributed by atoms with E-state index in [9.17, 15) is 14.9 Å². The van der Waals surface area contributed by atoms with Gasteiger partial charge in [0.25, 0.3) is 11.6 Å². The van der Waals surface area contributed by atoms with Gasteiger partial charge in [-0.25, -0.2) is 0 Å². The second kappa shape index (κ2) is 5.26. The van der Waals surface area contributed by atoms with E-state index in [1.54, 1.807) is 11.9 Å². The fraction of sp³-hybridized carbons (Fsp3) is 0.462. The second-order valence-corrected chi connectivity index (χ2v) is 4.88. The molecule has 1 aromatic rings. The zero-order valence-corrected chi connectivity index (χ0v) is 10.8. The number of anilines is 1. The quantitative estimate of drug-likeness (QED) is 0.514. The Morgan fingerprint density at radius 3 is 2.63 bits per heavy atom. The predicted octanol–water partition coefficient (Wildman–Crippen LogP) is 2.19. The highest BCUT2D eigenvalue weighted by molar-refractivity contribution is 5.99. The lowest BCUT2D eigenvalue weighted by atomic mass is 10.1. The van der Waals surface area contributed by atoms with Crippen molar-refractivity contribution in [3.63, 3.8) is 0 Å². The number of hydrogen-bond acceptors (Lipinski definition) is 4. The molecule has 1 amide bonds. The van der Waals surface area contributed by atoms with Gasteiger partial charge in [0, 0.05) is 30.9 Å². The zero-order valence-electron chi connectivity index (χ0n) is 10.8. The summed E-state index contributed by atoms with van der Waals surface area (Å²) < 4.78 is 0. The minimum atomic E-state index is -0.522. The van der Waals surface area contributed by atoms with Gasteiger partial charge in [-0.05, 0) is 18.9 Å². The van der Waals surface area contributed by atoms with E-state index in [1.807, 2.05) is 0 Å². The highest BCUT2D eigenvalue weighted by Gasteiger charge is 2.26. The number of benzene rings is 1. The lowest BCUT2D eigenvalue weighted by molar-refractivity contribution is -0.384. The van der Waals surface area contributed by atoms with Crippen LogP contribution in [0.15, 0.2) is 18.2 Å². The molecule has 0 saturated heterocycles. The van der Waals surface area contributed by atoms with Gasteiger partial charge < -0.3 is 10.6 Å². The minimum Gasteiger partial charge on any atom is -0.398 e. The summed E-state index contributed by atoms with van der Waals surface area (Å²) in [6.45, 7) is 0. The van der Waals surface area contributed by atoms with Crippen LogP contribution in [0.5, 0.6) is 0 Å². The number of nitro groups is 1. The number of hydrogen-bond donors (Lipinski definition) is 1. The van der Waals surface area contributed by atoms with Crippen molar-refractivity contribution in [2.45, 2.75) is 31.7 Å². The SMILES string of the molecule is CN(C(=O)c1cc([N+](=O)[O-])ccc1N)C1CCCC1. The number of carbonyl (C=O) groups is 1. The van der Waals surface area contributed by atoms with E-state index in [0.29, 0.717) is 0 Å². The van der Waals surface area contributed by atoms with E-state index in [0.717, 1.165) is 25.7 Å². The van der Waals surface area contributed by atoms with E-state index in [4.69, 9.17) is 5.73 Å². The van der Waals surface area contributed by atoms with Crippen molar-refractivity contribution in [2.75, 3.05) is 12.8 Å². The highest BCUT2D eigenvalue weighted by atomic mass is 16.6. The molecule has 0 unspecified atom stereocenters. The summed E-state index contributed by atoms with van der Waals surface area (Å²) in [4.78, 5) is 24.2. The molecule has 1 aliphatic rings. The van der Waals surface area contributed by atoms with E-state index in [-0.39, 0.29) is 28.9 Å². The van der Waals surface area contributed by atoms with Gasteiger partial charge in [0.2, 0.25) is 0 Å². The van der Waals surface area contributed by atoms with Crippen molar-refractivity contribution in [1.82, 2.24) is 4.90 Å². The van der Waals surface area contributed by atoms with Crippen molar-refractivity contribution >= 4 is 17.3 Å². The standard InChI is InChI=1S/C13H17N3O3/c1-15(9-4-2-3-5-9)13(17)11-8-10(16(18)19)6-7-12(11)14/h6-9H,2-5,14H2,1H3. The van der Waals surface area contributed by atoms with Crippen molar-refractivity contribution in [3.05, 3.63) is 33.9 Å². The van der Waals surface area contributed by atoms with Gasteiger partial charge in [-0.15, -0.1) is 0 Å². The van der Waals surface area contributed by atoms with Crippen molar-refractivity contribution in [1.29, 1.82) is 0 Å². The smallest absolute Gasteiger partial charge is 0.270 e. The van der Waals surface area contributed by atoms with Gasteiger partial charge >= 0.3 is 0 Å². The normalized spacial score (nSPS) is 15.4. The van der Waals surface area contributed by atoms with Crippen LogP contribution in [-0.2, 0) is 0 Å². The summed E-state index contributed by atoms with van der Waals surface area (Å²) in [6.07, 6.45) is 4.20.